The second kappa shape index (κ2) is 3.94. The highest BCUT2D eigenvalue weighted by Gasteiger charge is 2.38. The van der Waals surface area contributed by atoms with Crippen LogP contribution in [0.4, 0.5) is 0 Å². The number of rotatable bonds is 3. The lowest BCUT2D eigenvalue weighted by Gasteiger charge is -2.30. The lowest BCUT2D eigenvalue weighted by Crippen LogP contribution is -2.41. The second-order valence-electron chi connectivity index (χ2n) is 3.13. The smallest absolute Gasteiger partial charge is 0.306 e. The Labute approximate surface area is 76.3 Å². The van der Waals surface area contributed by atoms with Crippen molar-refractivity contribution < 1.29 is 14.7 Å². The monoisotopic (exact) mass is 181 g/mol. The molecule has 0 saturated heterocycles. The number of carbonyl (C=O) groups excluding carboxylic acids is 1. The van der Waals surface area contributed by atoms with Crippen molar-refractivity contribution in [2.75, 3.05) is 6.54 Å². The number of amides is 1. The molecule has 0 unspecified atom stereocenters. The molecule has 0 heterocycles. The predicted octanol–water partition coefficient (Wildman–Crippen LogP) is -0.153. The SMILES string of the molecule is C#CCNC(=O)C1CC(C(=O)O)C1. The van der Waals surface area contributed by atoms with Gasteiger partial charge in [0.05, 0.1) is 12.5 Å². The summed E-state index contributed by atoms with van der Waals surface area (Å²) in [5.74, 6) is 0.836. The zero-order valence-corrected chi connectivity index (χ0v) is 7.12. The van der Waals surface area contributed by atoms with Crippen molar-refractivity contribution in [3.63, 3.8) is 0 Å². The van der Waals surface area contributed by atoms with Gasteiger partial charge in [-0.2, -0.15) is 0 Å². The van der Waals surface area contributed by atoms with Crippen LogP contribution in [0.5, 0.6) is 0 Å². The fraction of sp³-hybridized carbons (Fsp3) is 0.556. The number of nitrogens with one attached hydrogen (secondary N) is 1. The molecule has 0 aromatic heterocycles. The Bertz CT molecular complexity index is 261. The number of carbonyl (C=O) groups is 2. The molecule has 1 saturated carbocycles. The van der Waals surface area contributed by atoms with Gasteiger partial charge < -0.3 is 10.4 Å². The standard InChI is InChI=1S/C9H11NO3/c1-2-3-10-8(11)6-4-7(5-6)9(12)13/h1,6-7H,3-5H2,(H,10,11)(H,12,13). The van der Waals surface area contributed by atoms with Gasteiger partial charge in [0, 0.05) is 5.92 Å². The van der Waals surface area contributed by atoms with Gasteiger partial charge in [-0.1, -0.05) is 5.92 Å². The van der Waals surface area contributed by atoms with Gasteiger partial charge in [-0.3, -0.25) is 9.59 Å². The van der Waals surface area contributed by atoms with Crippen LogP contribution in [-0.4, -0.2) is 23.5 Å². The van der Waals surface area contributed by atoms with Gasteiger partial charge >= 0.3 is 5.97 Å². The topological polar surface area (TPSA) is 66.4 Å². The summed E-state index contributed by atoms with van der Waals surface area (Å²) in [6.07, 6.45) is 5.83. The largest absolute Gasteiger partial charge is 0.481 e. The molecule has 1 aliphatic carbocycles. The molecule has 13 heavy (non-hydrogen) atoms. The third-order valence-electron chi connectivity index (χ3n) is 2.22. The van der Waals surface area contributed by atoms with E-state index in [9.17, 15) is 9.59 Å². The molecule has 0 radical (unpaired) electrons. The quantitative estimate of drug-likeness (QED) is 0.595. The van der Waals surface area contributed by atoms with Gasteiger partial charge in [0.25, 0.3) is 0 Å². The minimum Gasteiger partial charge on any atom is -0.481 e. The second-order valence-corrected chi connectivity index (χ2v) is 3.13. The highest BCUT2D eigenvalue weighted by molar-refractivity contribution is 5.83. The average Bonchev–Trinajstić information content (AvgIpc) is 1.97. The fourth-order valence-corrected chi connectivity index (χ4v) is 1.32. The Morgan fingerprint density at radius 3 is 2.54 bits per heavy atom. The molecule has 2 N–H and O–H groups in total. The Kier molecular flexibility index (Phi) is 2.91. The molecule has 0 atom stereocenters. The van der Waals surface area contributed by atoms with Crippen LogP contribution >= 0.6 is 0 Å². The van der Waals surface area contributed by atoms with E-state index in [2.05, 4.69) is 11.2 Å². The van der Waals surface area contributed by atoms with E-state index in [4.69, 9.17) is 11.5 Å². The molecule has 1 aliphatic rings. The van der Waals surface area contributed by atoms with Crippen molar-refractivity contribution in [3.05, 3.63) is 0 Å². The Hall–Kier alpha value is -1.50. The van der Waals surface area contributed by atoms with E-state index < -0.39 is 5.97 Å². The average molecular weight is 181 g/mol. The highest BCUT2D eigenvalue weighted by Crippen LogP contribution is 2.33. The number of carboxylic acids is 1. The summed E-state index contributed by atoms with van der Waals surface area (Å²) < 4.78 is 0. The van der Waals surface area contributed by atoms with E-state index in [1.807, 2.05) is 0 Å². The maximum absolute atomic E-state index is 11.2. The van der Waals surface area contributed by atoms with E-state index in [0.717, 1.165) is 0 Å². The first kappa shape index (κ1) is 9.59. The van der Waals surface area contributed by atoms with Gasteiger partial charge in [0.1, 0.15) is 0 Å². The van der Waals surface area contributed by atoms with Crippen LogP contribution in [-0.2, 0) is 9.59 Å². The molecule has 0 spiro atoms. The molecule has 0 bridgehead atoms. The van der Waals surface area contributed by atoms with Crippen molar-refractivity contribution in [1.29, 1.82) is 0 Å². The first-order valence-electron chi connectivity index (χ1n) is 4.09. The summed E-state index contributed by atoms with van der Waals surface area (Å²) in [4.78, 5) is 21.6. The van der Waals surface area contributed by atoms with Crippen LogP contribution in [0.1, 0.15) is 12.8 Å². The van der Waals surface area contributed by atoms with Gasteiger partial charge in [-0.15, -0.1) is 6.42 Å². The Balaban J connectivity index is 2.24. The van der Waals surface area contributed by atoms with Gasteiger partial charge in [0.15, 0.2) is 0 Å². The van der Waals surface area contributed by atoms with Crippen molar-refractivity contribution in [2.24, 2.45) is 11.8 Å². The Morgan fingerprint density at radius 2 is 2.08 bits per heavy atom. The molecule has 0 aliphatic heterocycles. The van der Waals surface area contributed by atoms with Gasteiger partial charge in [-0.05, 0) is 12.8 Å². The molecule has 1 rings (SSSR count). The van der Waals surface area contributed by atoms with Crippen LogP contribution in [0, 0.1) is 24.2 Å². The molecule has 1 fully saturated rings. The molecular formula is C9H11NO3. The molecule has 0 aromatic rings. The molecule has 4 heteroatoms. The van der Waals surface area contributed by atoms with Crippen molar-refractivity contribution in [1.82, 2.24) is 5.32 Å². The van der Waals surface area contributed by atoms with Crippen molar-refractivity contribution in [3.8, 4) is 12.3 Å². The Morgan fingerprint density at radius 1 is 1.46 bits per heavy atom. The summed E-state index contributed by atoms with van der Waals surface area (Å²) in [5.41, 5.74) is 0. The lowest BCUT2D eigenvalue weighted by molar-refractivity contribution is -0.148. The van der Waals surface area contributed by atoms with Crippen LogP contribution < -0.4 is 5.32 Å². The van der Waals surface area contributed by atoms with Crippen LogP contribution in [0.25, 0.3) is 0 Å². The number of aliphatic carboxylic acids is 1. The first-order valence-corrected chi connectivity index (χ1v) is 4.09. The van der Waals surface area contributed by atoms with Crippen molar-refractivity contribution in [2.45, 2.75) is 12.8 Å². The third kappa shape index (κ3) is 2.22. The molecule has 1 amide bonds. The normalized spacial score (nSPS) is 25.5. The van der Waals surface area contributed by atoms with E-state index in [-0.39, 0.29) is 24.3 Å². The van der Waals surface area contributed by atoms with Crippen LogP contribution in [0.3, 0.4) is 0 Å². The molecular weight excluding hydrogens is 170 g/mol. The summed E-state index contributed by atoms with van der Waals surface area (Å²) in [7, 11) is 0. The zero-order chi connectivity index (χ0) is 9.84. The summed E-state index contributed by atoms with van der Waals surface area (Å²) in [5, 5.41) is 11.1. The van der Waals surface area contributed by atoms with E-state index in [1.165, 1.54) is 0 Å². The van der Waals surface area contributed by atoms with Gasteiger partial charge in [-0.25, -0.2) is 0 Å². The lowest BCUT2D eigenvalue weighted by atomic mass is 9.74. The van der Waals surface area contributed by atoms with Gasteiger partial charge in [0.2, 0.25) is 5.91 Å². The minimum atomic E-state index is -0.819. The molecule has 0 aromatic carbocycles. The highest BCUT2D eigenvalue weighted by atomic mass is 16.4. The molecule has 4 nitrogen and oxygen atoms in total. The number of carboxylic acid groups (broad SMARTS) is 1. The summed E-state index contributed by atoms with van der Waals surface area (Å²) >= 11 is 0. The van der Waals surface area contributed by atoms with E-state index in [0.29, 0.717) is 12.8 Å². The third-order valence-corrected chi connectivity index (χ3v) is 2.22. The maximum atomic E-state index is 11.2. The van der Waals surface area contributed by atoms with Crippen molar-refractivity contribution >= 4 is 11.9 Å². The number of hydrogen-bond donors (Lipinski definition) is 2. The van der Waals surface area contributed by atoms with Crippen LogP contribution in [0.2, 0.25) is 0 Å². The predicted molar refractivity (Wildman–Crippen MR) is 45.7 cm³/mol. The summed E-state index contributed by atoms with van der Waals surface area (Å²) in [6, 6.07) is 0. The number of hydrogen-bond acceptors (Lipinski definition) is 2. The minimum absolute atomic E-state index is 0.129. The molecule has 70 valence electrons. The zero-order valence-electron chi connectivity index (χ0n) is 7.12. The summed E-state index contributed by atoms with van der Waals surface area (Å²) in [6.45, 7) is 0.215. The van der Waals surface area contributed by atoms with E-state index in [1.54, 1.807) is 0 Å². The fourth-order valence-electron chi connectivity index (χ4n) is 1.32. The number of terminal acetylenes is 1. The first-order chi connectivity index (χ1) is 6.15. The maximum Gasteiger partial charge on any atom is 0.306 e. The van der Waals surface area contributed by atoms with Crippen LogP contribution in [0.15, 0.2) is 0 Å². The van der Waals surface area contributed by atoms with E-state index >= 15 is 0 Å².